The minimum Gasteiger partial charge on any atom is -0.383 e. The van der Waals surface area contributed by atoms with E-state index in [0.29, 0.717) is 23.9 Å². The Morgan fingerprint density at radius 2 is 2.32 bits per heavy atom. The Balaban J connectivity index is 2.35. The Morgan fingerprint density at radius 1 is 1.58 bits per heavy atom. The van der Waals surface area contributed by atoms with E-state index < -0.39 is 6.10 Å². The van der Waals surface area contributed by atoms with Crippen molar-refractivity contribution in [3.8, 4) is 0 Å². The van der Waals surface area contributed by atoms with Crippen molar-refractivity contribution in [1.82, 2.24) is 9.78 Å². The number of thiophene rings is 1. The summed E-state index contributed by atoms with van der Waals surface area (Å²) in [4.78, 5) is 0. The first-order valence-corrected chi connectivity index (χ1v) is 8.15. The molecule has 1 atom stereocenters. The molecular weight excluding hydrogens is 419 g/mol. The van der Waals surface area contributed by atoms with E-state index in [1.807, 2.05) is 6.07 Å². The Kier molecular flexibility index (Phi) is 5.45. The fourth-order valence-electron chi connectivity index (χ4n) is 1.69. The summed E-state index contributed by atoms with van der Waals surface area (Å²) in [5.74, 6) is 0. The third-order valence-corrected chi connectivity index (χ3v) is 5.25. The van der Waals surface area contributed by atoms with E-state index in [2.05, 4.69) is 37.0 Å². The Labute approximate surface area is 136 Å². The molecule has 1 N–H and O–H groups in total. The van der Waals surface area contributed by atoms with E-state index in [4.69, 9.17) is 16.3 Å². The summed E-state index contributed by atoms with van der Waals surface area (Å²) in [6.45, 7) is 1.05. The SMILES string of the molecule is COCCn1ncc(Cl)c1C(O)c1cc(Br)sc1Br. The molecule has 2 heterocycles. The van der Waals surface area contributed by atoms with Gasteiger partial charge >= 0.3 is 0 Å². The van der Waals surface area contributed by atoms with Crippen LogP contribution in [-0.4, -0.2) is 28.6 Å². The summed E-state index contributed by atoms with van der Waals surface area (Å²) in [7, 11) is 1.62. The van der Waals surface area contributed by atoms with Crippen molar-refractivity contribution in [3.63, 3.8) is 0 Å². The quantitative estimate of drug-likeness (QED) is 0.784. The summed E-state index contributed by atoms with van der Waals surface area (Å²) in [6, 6.07) is 1.86. The highest BCUT2D eigenvalue weighted by Crippen LogP contribution is 2.39. The molecule has 1 unspecified atom stereocenters. The van der Waals surface area contributed by atoms with E-state index in [-0.39, 0.29) is 0 Å². The molecule has 0 aromatic carbocycles. The van der Waals surface area contributed by atoms with Crippen molar-refractivity contribution in [3.05, 3.63) is 36.1 Å². The molecule has 0 amide bonds. The lowest BCUT2D eigenvalue weighted by Crippen LogP contribution is -2.13. The van der Waals surface area contributed by atoms with Crippen LogP contribution in [0.1, 0.15) is 17.4 Å². The average Bonchev–Trinajstić information content (AvgIpc) is 2.89. The Morgan fingerprint density at radius 3 is 2.89 bits per heavy atom. The van der Waals surface area contributed by atoms with Gasteiger partial charge in [-0.2, -0.15) is 5.10 Å². The molecule has 0 bridgehead atoms. The summed E-state index contributed by atoms with van der Waals surface area (Å²) in [6.07, 6.45) is 0.703. The van der Waals surface area contributed by atoms with Crippen LogP contribution in [0.5, 0.6) is 0 Å². The van der Waals surface area contributed by atoms with Crippen LogP contribution in [-0.2, 0) is 11.3 Å². The molecule has 2 aromatic heterocycles. The molecule has 0 saturated carbocycles. The molecule has 0 fully saturated rings. The van der Waals surface area contributed by atoms with Crippen molar-refractivity contribution in [2.24, 2.45) is 0 Å². The number of nitrogens with zero attached hydrogens (tertiary/aromatic N) is 2. The van der Waals surface area contributed by atoms with Gasteiger partial charge in [-0.05, 0) is 37.9 Å². The summed E-state index contributed by atoms with van der Waals surface area (Å²) < 4.78 is 8.49. The Hall–Kier alpha value is 0.0800. The van der Waals surface area contributed by atoms with Gasteiger partial charge in [0.05, 0.1) is 37.6 Å². The molecule has 4 nitrogen and oxygen atoms in total. The van der Waals surface area contributed by atoms with E-state index in [0.717, 1.165) is 13.1 Å². The number of ether oxygens (including phenoxy) is 1. The fraction of sp³-hybridized carbons (Fsp3) is 0.364. The zero-order chi connectivity index (χ0) is 14.0. The van der Waals surface area contributed by atoms with Crippen LogP contribution in [0, 0.1) is 0 Å². The molecule has 104 valence electrons. The van der Waals surface area contributed by atoms with Crippen LogP contribution in [0.15, 0.2) is 19.8 Å². The maximum atomic E-state index is 10.5. The molecule has 19 heavy (non-hydrogen) atoms. The molecule has 0 aliphatic rings. The van der Waals surface area contributed by atoms with Crippen molar-refractivity contribution in [2.45, 2.75) is 12.6 Å². The standard InChI is InChI=1S/C11H11Br2ClN2O2S/c1-18-3-2-16-9(7(14)5-15-16)10(17)6-4-8(12)19-11(6)13/h4-5,10,17H,2-3H2,1H3. The van der Waals surface area contributed by atoms with Crippen LogP contribution in [0.4, 0.5) is 0 Å². The zero-order valence-electron chi connectivity index (χ0n) is 9.94. The molecule has 8 heteroatoms. The maximum Gasteiger partial charge on any atom is 0.124 e. The minimum absolute atomic E-state index is 0.442. The van der Waals surface area contributed by atoms with Crippen molar-refractivity contribution in [1.29, 1.82) is 0 Å². The molecule has 0 spiro atoms. The smallest absolute Gasteiger partial charge is 0.124 e. The lowest BCUT2D eigenvalue weighted by atomic mass is 10.1. The number of aliphatic hydroxyl groups excluding tert-OH is 1. The fourth-order valence-corrected chi connectivity index (χ4v) is 4.81. The van der Waals surface area contributed by atoms with Crippen LogP contribution in [0.3, 0.4) is 0 Å². The number of aliphatic hydroxyl groups is 1. The van der Waals surface area contributed by atoms with E-state index >= 15 is 0 Å². The number of rotatable bonds is 5. The molecule has 0 aliphatic carbocycles. The number of methoxy groups -OCH3 is 1. The first-order chi connectivity index (χ1) is 9.04. The molecule has 0 aliphatic heterocycles. The van der Waals surface area contributed by atoms with Gasteiger partial charge in [-0.1, -0.05) is 11.6 Å². The van der Waals surface area contributed by atoms with Gasteiger partial charge in [0.15, 0.2) is 0 Å². The lowest BCUT2D eigenvalue weighted by molar-refractivity contribution is 0.171. The van der Waals surface area contributed by atoms with Gasteiger partial charge in [-0.25, -0.2) is 0 Å². The highest BCUT2D eigenvalue weighted by molar-refractivity contribution is 9.12. The Bertz CT molecular complexity index is 573. The van der Waals surface area contributed by atoms with Crippen LogP contribution >= 0.6 is 54.8 Å². The second-order valence-corrected chi connectivity index (χ2v) is 7.93. The van der Waals surface area contributed by atoms with Gasteiger partial charge in [-0.3, -0.25) is 4.68 Å². The van der Waals surface area contributed by atoms with Gasteiger partial charge in [0, 0.05) is 12.7 Å². The first-order valence-electron chi connectivity index (χ1n) is 5.37. The third kappa shape index (κ3) is 3.40. The predicted octanol–water partition coefficient (Wildman–Crippen LogP) is 3.85. The van der Waals surface area contributed by atoms with E-state index in [1.165, 1.54) is 17.5 Å². The normalized spacial score (nSPS) is 12.9. The van der Waals surface area contributed by atoms with Crippen LogP contribution in [0.2, 0.25) is 5.02 Å². The average molecular weight is 431 g/mol. The van der Waals surface area contributed by atoms with Crippen molar-refractivity contribution in [2.75, 3.05) is 13.7 Å². The number of hydrogen-bond acceptors (Lipinski definition) is 4. The highest BCUT2D eigenvalue weighted by atomic mass is 79.9. The minimum atomic E-state index is -0.830. The highest BCUT2D eigenvalue weighted by Gasteiger charge is 2.23. The first kappa shape index (κ1) is 15.5. The van der Waals surface area contributed by atoms with E-state index in [1.54, 1.807) is 11.8 Å². The summed E-state index contributed by atoms with van der Waals surface area (Å²) in [5, 5.41) is 15.1. The number of halogens is 3. The molecule has 0 radical (unpaired) electrons. The van der Waals surface area contributed by atoms with Gasteiger partial charge in [-0.15, -0.1) is 11.3 Å². The second kappa shape index (κ2) is 6.69. The van der Waals surface area contributed by atoms with Crippen molar-refractivity contribution >= 4 is 54.8 Å². The molecular formula is C11H11Br2ClN2O2S. The summed E-state index contributed by atoms with van der Waals surface area (Å²) in [5.41, 5.74) is 1.34. The lowest BCUT2D eigenvalue weighted by Gasteiger charge is -2.13. The molecule has 0 saturated heterocycles. The van der Waals surface area contributed by atoms with Gasteiger partial charge < -0.3 is 9.84 Å². The second-order valence-electron chi connectivity index (χ2n) is 3.78. The maximum absolute atomic E-state index is 10.5. The van der Waals surface area contributed by atoms with E-state index in [9.17, 15) is 5.11 Å². The largest absolute Gasteiger partial charge is 0.383 e. The van der Waals surface area contributed by atoms with Gasteiger partial charge in [0.25, 0.3) is 0 Å². The number of hydrogen-bond donors (Lipinski definition) is 1. The number of aromatic nitrogens is 2. The van der Waals surface area contributed by atoms with Crippen LogP contribution < -0.4 is 0 Å². The van der Waals surface area contributed by atoms with Crippen LogP contribution in [0.25, 0.3) is 0 Å². The molecule has 2 rings (SSSR count). The van der Waals surface area contributed by atoms with Crippen molar-refractivity contribution < 1.29 is 9.84 Å². The topological polar surface area (TPSA) is 47.3 Å². The van der Waals surface area contributed by atoms with Gasteiger partial charge in [0.1, 0.15) is 6.10 Å². The monoisotopic (exact) mass is 428 g/mol. The predicted molar refractivity (Wildman–Crippen MR) is 82.9 cm³/mol. The van der Waals surface area contributed by atoms with Gasteiger partial charge in [0.2, 0.25) is 0 Å². The summed E-state index contributed by atoms with van der Waals surface area (Å²) >= 11 is 14.5. The zero-order valence-corrected chi connectivity index (χ0v) is 14.7. The third-order valence-electron chi connectivity index (χ3n) is 2.58. The molecule has 2 aromatic rings.